The molecule has 0 aliphatic carbocycles. The Labute approximate surface area is 91.8 Å². The van der Waals surface area contributed by atoms with Crippen molar-refractivity contribution in [2.24, 2.45) is 7.05 Å². The van der Waals surface area contributed by atoms with Crippen molar-refractivity contribution in [2.75, 3.05) is 0 Å². The van der Waals surface area contributed by atoms with Crippen LogP contribution in [0.25, 0.3) is 10.9 Å². The summed E-state index contributed by atoms with van der Waals surface area (Å²) in [5.74, 6) is 2.41. The van der Waals surface area contributed by atoms with Crippen LogP contribution in [0.15, 0.2) is 33.9 Å². The third-order valence-electron chi connectivity index (χ3n) is 2.50. The number of nitrogens with zero attached hydrogens (tertiary/aromatic N) is 2. The van der Waals surface area contributed by atoms with Gasteiger partial charge in [-0.2, -0.15) is 0 Å². The lowest BCUT2D eigenvalue weighted by atomic mass is 10.2. The van der Waals surface area contributed by atoms with Crippen LogP contribution in [-0.4, -0.2) is 9.13 Å². The smallest absolute Gasteiger partial charge is 0.282 e. The summed E-state index contributed by atoms with van der Waals surface area (Å²) in [6.07, 6.45) is 5.21. The Bertz CT molecular complexity index is 702. The maximum absolute atomic E-state index is 11.8. The molecule has 0 N–H and O–H groups in total. The minimum Gasteiger partial charge on any atom is -0.282 e. The fourth-order valence-corrected chi connectivity index (χ4v) is 1.69. The van der Waals surface area contributed by atoms with Gasteiger partial charge in [-0.3, -0.25) is 13.9 Å². The van der Waals surface area contributed by atoms with Gasteiger partial charge in [0.1, 0.15) is 0 Å². The molecule has 2 rings (SSSR count). The first-order valence-corrected chi connectivity index (χ1v) is 4.79. The predicted octanol–water partition coefficient (Wildman–Crippen LogP) is 0.333. The Kier molecular flexibility index (Phi) is 2.37. The molecule has 4 heteroatoms. The van der Waals surface area contributed by atoms with E-state index in [1.165, 1.54) is 11.6 Å². The number of benzene rings is 1. The summed E-state index contributed by atoms with van der Waals surface area (Å²) < 4.78 is 2.48. The first-order chi connectivity index (χ1) is 7.66. The molecule has 0 bridgehead atoms. The van der Waals surface area contributed by atoms with Crippen LogP contribution in [0.2, 0.25) is 0 Å². The van der Waals surface area contributed by atoms with Crippen molar-refractivity contribution < 1.29 is 0 Å². The molecular weight excluding hydrogens is 204 g/mol. The predicted molar refractivity (Wildman–Crippen MR) is 62.3 cm³/mol. The van der Waals surface area contributed by atoms with Crippen molar-refractivity contribution in [3.8, 4) is 12.3 Å². The van der Waals surface area contributed by atoms with Gasteiger partial charge in [0.2, 0.25) is 0 Å². The highest BCUT2D eigenvalue weighted by molar-refractivity contribution is 5.77. The van der Waals surface area contributed by atoms with Crippen LogP contribution in [0.4, 0.5) is 0 Å². The molecule has 1 aromatic heterocycles. The van der Waals surface area contributed by atoms with E-state index in [0.717, 1.165) is 4.57 Å². The summed E-state index contributed by atoms with van der Waals surface area (Å²) in [4.78, 5) is 23.6. The number of terminal acetylenes is 1. The molecule has 1 heterocycles. The zero-order chi connectivity index (χ0) is 11.7. The summed E-state index contributed by atoms with van der Waals surface area (Å²) in [7, 11) is 1.45. The zero-order valence-corrected chi connectivity index (χ0v) is 8.80. The highest BCUT2D eigenvalue weighted by Gasteiger charge is 2.08. The van der Waals surface area contributed by atoms with E-state index in [9.17, 15) is 9.59 Å². The van der Waals surface area contributed by atoms with Crippen molar-refractivity contribution >= 4 is 10.9 Å². The molecule has 0 saturated carbocycles. The maximum atomic E-state index is 11.8. The Balaban J connectivity index is 3.05. The van der Waals surface area contributed by atoms with Gasteiger partial charge in [-0.05, 0) is 12.1 Å². The van der Waals surface area contributed by atoms with Crippen LogP contribution in [0.3, 0.4) is 0 Å². The van der Waals surface area contributed by atoms with Gasteiger partial charge in [0, 0.05) is 7.05 Å². The summed E-state index contributed by atoms with van der Waals surface area (Å²) in [6.45, 7) is 0.160. The van der Waals surface area contributed by atoms with Gasteiger partial charge in [-0.25, -0.2) is 4.79 Å². The fourth-order valence-electron chi connectivity index (χ4n) is 1.69. The van der Waals surface area contributed by atoms with Gasteiger partial charge in [-0.15, -0.1) is 6.42 Å². The Hall–Kier alpha value is -2.28. The number of hydrogen-bond acceptors (Lipinski definition) is 2. The maximum Gasteiger partial charge on any atom is 0.332 e. The molecule has 0 atom stereocenters. The number of fused-ring (bicyclic) bond motifs is 1. The molecule has 80 valence electrons. The molecule has 2 aromatic rings. The van der Waals surface area contributed by atoms with E-state index < -0.39 is 0 Å². The summed E-state index contributed by atoms with van der Waals surface area (Å²) >= 11 is 0. The van der Waals surface area contributed by atoms with E-state index in [1.54, 1.807) is 24.3 Å². The lowest BCUT2D eigenvalue weighted by Crippen LogP contribution is -2.38. The van der Waals surface area contributed by atoms with E-state index in [-0.39, 0.29) is 17.8 Å². The molecule has 0 aliphatic rings. The van der Waals surface area contributed by atoms with Crippen LogP contribution >= 0.6 is 0 Å². The number of para-hydroxylation sites is 1. The van der Waals surface area contributed by atoms with E-state index >= 15 is 0 Å². The van der Waals surface area contributed by atoms with Crippen molar-refractivity contribution in [3.63, 3.8) is 0 Å². The lowest BCUT2D eigenvalue weighted by molar-refractivity contribution is 0.689. The van der Waals surface area contributed by atoms with Crippen molar-refractivity contribution in [1.82, 2.24) is 9.13 Å². The monoisotopic (exact) mass is 214 g/mol. The quantitative estimate of drug-likeness (QED) is 0.642. The molecular formula is C12H10N2O2. The van der Waals surface area contributed by atoms with Gasteiger partial charge < -0.3 is 0 Å². The van der Waals surface area contributed by atoms with E-state index in [2.05, 4.69) is 5.92 Å². The minimum absolute atomic E-state index is 0.160. The number of hydrogen-bond donors (Lipinski definition) is 0. The average Bonchev–Trinajstić information content (AvgIpc) is 2.32. The minimum atomic E-state index is -0.387. The average molecular weight is 214 g/mol. The topological polar surface area (TPSA) is 44.0 Å². The largest absolute Gasteiger partial charge is 0.332 e. The van der Waals surface area contributed by atoms with Gasteiger partial charge in [0.05, 0.1) is 17.4 Å². The van der Waals surface area contributed by atoms with Crippen molar-refractivity contribution in [3.05, 3.63) is 45.1 Å². The Morgan fingerprint density at radius 1 is 1.31 bits per heavy atom. The van der Waals surface area contributed by atoms with Crippen LogP contribution in [-0.2, 0) is 13.6 Å². The van der Waals surface area contributed by atoms with Gasteiger partial charge >= 0.3 is 5.69 Å². The van der Waals surface area contributed by atoms with E-state index in [4.69, 9.17) is 6.42 Å². The lowest BCUT2D eigenvalue weighted by Gasteiger charge is -2.08. The highest BCUT2D eigenvalue weighted by atomic mass is 16.2. The molecule has 0 saturated heterocycles. The van der Waals surface area contributed by atoms with E-state index in [1.807, 2.05) is 0 Å². The van der Waals surface area contributed by atoms with Gasteiger partial charge in [0.25, 0.3) is 5.56 Å². The highest BCUT2D eigenvalue weighted by Crippen LogP contribution is 2.06. The molecule has 0 spiro atoms. The second kappa shape index (κ2) is 3.70. The first-order valence-electron chi connectivity index (χ1n) is 4.79. The standard InChI is InChI=1S/C12H10N2O2/c1-3-8-14-10-7-5-4-6-9(10)11(15)13(2)12(14)16/h1,4-7H,8H2,2H3. The first kappa shape index (κ1) is 10.2. The van der Waals surface area contributed by atoms with Gasteiger partial charge in [-0.1, -0.05) is 18.1 Å². The second-order valence-electron chi connectivity index (χ2n) is 3.45. The molecule has 0 fully saturated rings. The van der Waals surface area contributed by atoms with Crippen LogP contribution in [0, 0.1) is 12.3 Å². The van der Waals surface area contributed by atoms with E-state index in [0.29, 0.717) is 10.9 Å². The SMILES string of the molecule is C#CCn1c(=O)n(C)c(=O)c2ccccc21. The molecule has 16 heavy (non-hydrogen) atoms. The van der Waals surface area contributed by atoms with Gasteiger partial charge in [0.15, 0.2) is 0 Å². The molecule has 0 radical (unpaired) electrons. The van der Waals surface area contributed by atoms with Crippen LogP contribution < -0.4 is 11.2 Å². The van der Waals surface area contributed by atoms with Crippen molar-refractivity contribution in [1.29, 1.82) is 0 Å². The Morgan fingerprint density at radius 3 is 2.69 bits per heavy atom. The number of aromatic nitrogens is 2. The second-order valence-corrected chi connectivity index (χ2v) is 3.45. The molecule has 0 unspecified atom stereocenters. The van der Waals surface area contributed by atoms with Crippen LogP contribution in [0.5, 0.6) is 0 Å². The number of rotatable bonds is 1. The summed E-state index contributed by atoms with van der Waals surface area (Å²) in [5, 5.41) is 0.500. The Morgan fingerprint density at radius 2 is 2.00 bits per heavy atom. The fraction of sp³-hybridized carbons (Fsp3) is 0.167. The van der Waals surface area contributed by atoms with Crippen molar-refractivity contribution in [2.45, 2.75) is 6.54 Å². The molecule has 1 aromatic carbocycles. The summed E-state index contributed by atoms with van der Waals surface area (Å²) in [6, 6.07) is 6.93. The van der Waals surface area contributed by atoms with Crippen LogP contribution in [0.1, 0.15) is 0 Å². The molecule has 4 nitrogen and oxygen atoms in total. The molecule has 0 amide bonds. The third kappa shape index (κ3) is 1.34. The molecule has 0 aliphatic heterocycles. The summed E-state index contributed by atoms with van der Waals surface area (Å²) in [5.41, 5.74) is -0.107. The zero-order valence-electron chi connectivity index (χ0n) is 8.80. The third-order valence-corrected chi connectivity index (χ3v) is 2.50. The normalized spacial score (nSPS) is 10.2.